The van der Waals surface area contributed by atoms with Crippen molar-refractivity contribution in [2.75, 3.05) is 13.7 Å². The quantitative estimate of drug-likeness (QED) is 0.664. The number of amides is 1. The topological polar surface area (TPSA) is 55.4 Å². The maximum Gasteiger partial charge on any atom is 0.417 e. The summed E-state index contributed by atoms with van der Waals surface area (Å²) in [6, 6.07) is 3.32. The van der Waals surface area contributed by atoms with Gasteiger partial charge in [-0.05, 0) is 23.8 Å². The van der Waals surface area contributed by atoms with Gasteiger partial charge < -0.3 is 10.1 Å². The predicted octanol–water partition coefficient (Wildman–Crippen LogP) is 3.05. The van der Waals surface area contributed by atoms with Crippen LogP contribution in [-0.2, 0) is 20.5 Å². The molecule has 0 aliphatic heterocycles. The van der Waals surface area contributed by atoms with Gasteiger partial charge in [0.05, 0.1) is 24.1 Å². The molecule has 0 aliphatic rings. The Bertz CT molecular complexity index is 585. The lowest BCUT2D eigenvalue weighted by atomic mass is 10.1. The zero-order valence-corrected chi connectivity index (χ0v) is 12.3. The Hall–Kier alpha value is -2.02. The second kappa shape index (κ2) is 7.84. The fourth-order valence-electron chi connectivity index (χ4n) is 1.48. The van der Waals surface area contributed by atoms with Crippen LogP contribution in [0.1, 0.15) is 17.5 Å². The van der Waals surface area contributed by atoms with E-state index in [1.807, 2.05) is 0 Å². The van der Waals surface area contributed by atoms with E-state index in [1.54, 1.807) is 0 Å². The van der Waals surface area contributed by atoms with Crippen LogP contribution in [0, 0.1) is 0 Å². The first-order chi connectivity index (χ1) is 10.2. The number of hydrogen-bond acceptors (Lipinski definition) is 3. The van der Waals surface area contributed by atoms with E-state index in [0.717, 1.165) is 18.2 Å². The molecule has 1 amide bonds. The summed E-state index contributed by atoms with van der Waals surface area (Å²) in [5.41, 5.74) is -0.790. The van der Waals surface area contributed by atoms with Crippen molar-refractivity contribution in [2.45, 2.75) is 12.6 Å². The lowest BCUT2D eigenvalue weighted by molar-refractivity contribution is -0.140. The normalized spacial score (nSPS) is 11.5. The van der Waals surface area contributed by atoms with E-state index >= 15 is 0 Å². The van der Waals surface area contributed by atoms with Crippen LogP contribution >= 0.6 is 11.6 Å². The fourth-order valence-corrected chi connectivity index (χ4v) is 1.71. The first kappa shape index (κ1) is 18.0. The van der Waals surface area contributed by atoms with Gasteiger partial charge in [0.1, 0.15) is 0 Å². The minimum atomic E-state index is -4.57. The molecule has 1 N–H and O–H groups in total. The Balaban J connectivity index is 2.66. The minimum absolute atomic E-state index is 0.00917. The average Bonchev–Trinajstić information content (AvgIpc) is 2.45. The standard InChI is InChI=1S/C14H13ClF3NO3/c1-22-13(21)6-7-19-12(20)5-3-9-2-4-11(15)10(8-9)14(16,17)18/h2-5,8H,6-7H2,1H3,(H,19,20)/b5-3+. The van der Waals surface area contributed by atoms with Crippen LogP contribution in [-0.4, -0.2) is 25.5 Å². The molecular formula is C14H13ClF3NO3. The number of alkyl halides is 3. The number of hydrogen-bond donors (Lipinski definition) is 1. The minimum Gasteiger partial charge on any atom is -0.469 e. The highest BCUT2D eigenvalue weighted by Gasteiger charge is 2.33. The maximum absolute atomic E-state index is 12.7. The number of nitrogens with one attached hydrogen (secondary N) is 1. The molecule has 0 radical (unpaired) electrons. The lowest BCUT2D eigenvalue weighted by Gasteiger charge is -2.09. The molecular weight excluding hydrogens is 323 g/mol. The smallest absolute Gasteiger partial charge is 0.417 e. The van der Waals surface area contributed by atoms with Gasteiger partial charge >= 0.3 is 12.1 Å². The SMILES string of the molecule is COC(=O)CCNC(=O)/C=C/c1ccc(Cl)c(C(F)(F)F)c1. The van der Waals surface area contributed by atoms with E-state index in [4.69, 9.17) is 11.6 Å². The van der Waals surface area contributed by atoms with Crippen molar-refractivity contribution in [3.05, 3.63) is 40.4 Å². The summed E-state index contributed by atoms with van der Waals surface area (Å²) in [5.74, 6) is -1.01. The Kier molecular flexibility index (Phi) is 6.42. The predicted molar refractivity (Wildman–Crippen MR) is 75.1 cm³/mol. The summed E-state index contributed by atoms with van der Waals surface area (Å²) in [6.45, 7) is 0.0737. The number of carbonyl (C=O) groups is 2. The number of carbonyl (C=O) groups excluding carboxylic acids is 2. The van der Waals surface area contributed by atoms with Gasteiger partial charge in [-0.25, -0.2) is 0 Å². The van der Waals surface area contributed by atoms with Crippen LogP contribution in [0.25, 0.3) is 6.08 Å². The third kappa shape index (κ3) is 5.77. The molecule has 0 fully saturated rings. The molecule has 120 valence electrons. The Morgan fingerprint density at radius 3 is 2.64 bits per heavy atom. The second-order valence-electron chi connectivity index (χ2n) is 4.19. The Morgan fingerprint density at radius 2 is 2.05 bits per heavy atom. The summed E-state index contributed by atoms with van der Waals surface area (Å²) in [4.78, 5) is 22.3. The van der Waals surface area contributed by atoms with E-state index in [0.29, 0.717) is 0 Å². The van der Waals surface area contributed by atoms with Crippen molar-refractivity contribution in [3.8, 4) is 0 Å². The molecule has 4 nitrogen and oxygen atoms in total. The van der Waals surface area contributed by atoms with Crippen molar-refractivity contribution in [2.24, 2.45) is 0 Å². The van der Waals surface area contributed by atoms with Gasteiger partial charge in [-0.15, -0.1) is 0 Å². The van der Waals surface area contributed by atoms with E-state index in [2.05, 4.69) is 10.1 Å². The summed E-state index contributed by atoms with van der Waals surface area (Å²) >= 11 is 5.49. The van der Waals surface area contributed by atoms with Crippen molar-refractivity contribution in [1.82, 2.24) is 5.32 Å². The molecule has 0 atom stereocenters. The van der Waals surface area contributed by atoms with Gasteiger partial charge in [-0.3, -0.25) is 9.59 Å². The third-order valence-electron chi connectivity index (χ3n) is 2.58. The van der Waals surface area contributed by atoms with Crippen LogP contribution in [0.5, 0.6) is 0 Å². The molecule has 0 aromatic heterocycles. The highest BCUT2D eigenvalue weighted by atomic mass is 35.5. The third-order valence-corrected chi connectivity index (χ3v) is 2.91. The maximum atomic E-state index is 12.7. The number of rotatable bonds is 5. The number of benzene rings is 1. The molecule has 1 aromatic carbocycles. The van der Waals surface area contributed by atoms with Crippen molar-refractivity contribution < 1.29 is 27.5 Å². The average molecular weight is 336 g/mol. The van der Waals surface area contributed by atoms with Crippen molar-refractivity contribution >= 4 is 29.6 Å². The first-order valence-electron chi connectivity index (χ1n) is 6.13. The molecule has 22 heavy (non-hydrogen) atoms. The summed E-state index contributed by atoms with van der Waals surface area (Å²) < 4.78 is 42.4. The molecule has 0 saturated carbocycles. The van der Waals surface area contributed by atoms with Crippen LogP contribution in [0.15, 0.2) is 24.3 Å². The van der Waals surface area contributed by atoms with Crippen LogP contribution in [0.3, 0.4) is 0 Å². The van der Waals surface area contributed by atoms with Crippen LogP contribution < -0.4 is 5.32 Å². The molecule has 0 bridgehead atoms. The Morgan fingerprint density at radius 1 is 1.36 bits per heavy atom. The molecule has 8 heteroatoms. The monoisotopic (exact) mass is 335 g/mol. The van der Waals surface area contributed by atoms with Crippen molar-refractivity contribution in [1.29, 1.82) is 0 Å². The van der Waals surface area contributed by atoms with Crippen LogP contribution in [0.2, 0.25) is 5.02 Å². The first-order valence-corrected chi connectivity index (χ1v) is 6.51. The zero-order chi connectivity index (χ0) is 16.8. The number of esters is 1. The number of halogens is 4. The van der Waals surface area contributed by atoms with Gasteiger partial charge in [0.15, 0.2) is 0 Å². The molecule has 0 spiro atoms. The summed E-state index contributed by atoms with van der Waals surface area (Å²) in [7, 11) is 1.23. The van der Waals surface area contributed by atoms with E-state index < -0.39 is 28.6 Å². The van der Waals surface area contributed by atoms with E-state index in [9.17, 15) is 22.8 Å². The van der Waals surface area contributed by atoms with E-state index in [-0.39, 0.29) is 18.5 Å². The molecule has 0 heterocycles. The van der Waals surface area contributed by atoms with Gasteiger partial charge in [0.2, 0.25) is 5.91 Å². The van der Waals surface area contributed by atoms with Crippen molar-refractivity contribution in [3.63, 3.8) is 0 Å². The molecule has 0 saturated heterocycles. The molecule has 0 unspecified atom stereocenters. The zero-order valence-electron chi connectivity index (χ0n) is 11.5. The van der Waals surface area contributed by atoms with Crippen LogP contribution in [0.4, 0.5) is 13.2 Å². The number of methoxy groups -OCH3 is 1. The van der Waals surface area contributed by atoms with Gasteiger partial charge in [-0.1, -0.05) is 17.7 Å². The highest BCUT2D eigenvalue weighted by Crippen LogP contribution is 2.35. The molecule has 1 aromatic rings. The lowest BCUT2D eigenvalue weighted by Crippen LogP contribution is -2.24. The van der Waals surface area contributed by atoms with Gasteiger partial charge in [0.25, 0.3) is 0 Å². The largest absolute Gasteiger partial charge is 0.469 e. The Labute approximate surface area is 129 Å². The highest BCUT2D eigenvalue weighted by molar-refractivity contribution is 6.31. The van der Waals surface area contributed by atoms with Gasteiger partial charge in [-0.2, -0.15) is 13.2 Å². The van der Waals surface area contributed by atoms with Gasteiger partial charge in [0, 0.05) is 12.6 Å². The molecule has 1 rings (SSSR count). The fraction of sp³-hybridized carbons (Fsp3) is 0.286. The number of ether oxygens (including phenoxy) is 1. The second-order valence-corrected chi connectivity index (χ2v) is 4.59. The van der Waals surface area contributed by atoms with E-state index in [1.165, 1.54) is 19.3 Å². The summed E-state index contributed by atoms with van der Waals surface area (Å²) in [6.07, 6.45) is -2.27. The molecule has 0 aliphatic carbocycles. The summed E-state index contributed by atoms with van der Waals surface area (Å²) in [5, 5.41) is 1.99.